The monoisotopic (exact) mass is 267 g/mol. The van der Waals surface area contributed by atoms with E-state index in [0.29, 0.717) is 21.4 Å². The Morgan fingerprint density at radius 1 is 1.53 bits per heavy atom. The van der Waals surface area contributed by atoms with Crippen LogP contribution in [0, 0.1) is 6.92 Å². The zero-order valence-electron chi connectivity index (χ0n) is 9.03. The molecule has 0 saturated heterocycles. The molecule has 0 saturated carbocycles. The predicted molar refractivity (Wildman–Crippen MR) is 70.7 cm³/mol. The summed E-state index contributed by atoms with van der Waals surface area (Å²) >= 11 is 7.33. The Morgan fingerprint density at radius 2 is 2.29 bits per heavy atom. The number of rotatable bonds is 2. The molecule has 0 aromatic carbocycles. The predicted octanol–water partition coefficient (Wildman–Crippen LogP) is 2.94. The number of nitrogens with two attached hydrogens (primary N) is 1. The lowest BCUT2D eigenvalue weighted by Gasteiger charge is -2.03. The number of nitrogens with one attached hydrogen (secondary N) is 1. The summed E-state index contributed by atoms with van der Waals surface area (Å²) in [7, 11) is 0. The molecule has 2 aromatic rings. The van der Waals surface area contributed by atoms with Crippen molar-refractivity contribution in [3.63, 3.8) is 0 Å². The quantitative estimate of drug-likeness (QED) is 0.879. The molecule has 2 aromatic heterocycles. The minimum absolute atomic E-state index is 0.236. The molecule has 1 amide bonds. The SMILES string of the molecule is Cc1csc(C(=O)Nc2ccc(N)nc2)c1Cl. The molecule has 6 heteroatoms. The Balaban J connectivity index is 2.17. The fraction of sp³-hybridized carbons (Fsp3) is 0.0909. The van der Waals surface area contributed by atoms with Crippen LogP contribution < -0.4 is 11.1 Å². The molecule has 0 spiro atoms. The summed E-state index contributed by atoms with van der Waals surface area (Å²) < 4.78 is 0. The Labute approximate surface area is 107 Å². The van der Waals surface area contributed by atoms with Gasteiger partial charge in [-0.2, -0.15) is 0 Å². The van der Waals surface area contributed by atoms with Gasteiger partial charge in [0.1, 0.15) is 10.7 Å². The second kappa shape index (κ2) is 4.73. The highest BCUT2D eigenvalue weighted by atomic mass is 35.5. The van der Waals surface area contributed by atoms with Gasteiger partial charge in [0.15, 0.2) is 0 Å². The van der Waals surface area contributed by atoms with Gasteiger partial charge in [0.25, 0.3) is 5.91 Å². The molecular formula is C11H10ClN3OS. The summed E-state index contributed by atoms with van der Waals surface area (Å²) in [6, 6.07) is 3.31. The van der Waals surface area contributed by atoms with Crippen molar-refractivity contribution in [3.05, 3.63) is 39.2 Å². The lowest BCUT2D eigenvalue weighted by Crippen LogP contribution is -2.11. The first-order chi connectivity index (χ1) is 8.08. The lowest BCUT2D eigenvalue weighted by atomic mass is 10.3. The van der Waals surface area contributed by atoms with E-state index in [-0.39, 0.29) is 5.91 Å². The number of carbonyl (C=O) groups is 1. The number of aryl methyl sites for hydroxylation is 1. The van der Waals surface area contributed by atoms with Crippen molar-refractivity contribution in [3.8, 4) is 0 Å². The summed E-state index contributed by atoms with van der Waals surface area (Å²) in [6.45, 7) is 1.86. The van der Waals surface area contributed by atoms with Crippen LogP contribution in [0.1, 0.15) is 15.2 Å². The zero-order valence-corrected chi connectivity index (χ0v) is 10.6. The molecular weight excluding hydrogens is 258 g/mol. The minimum atomic E-state index is -0.236. The number of thiophene rings is 1. The number of hydrogen-bond acceptors (Lipinski definition) is 4. The van der Waals surface area contributed by atoms with Crippen molar-refractivity contribution in [1.29, 1.82) is 0 Å². The van der Waals surface area contributed by atoms with Crippen LogP contribution in [0.4, 0.5) is 11.5 Å². The fourth-order valence-corrected chi connectivity index (χ4v) is 2.42. The molecule has 0 atom stereocenters. The molecule has 88 valence electrons. The lowest BCUT2D eigenvalue weighted by molar-refractivity contribution is 0.103. The van der Waals surface area contributed by atoms with Gasteiger partial charge >= 0.3 is 0 Å². The molecule has 0 radical (unpaired) electrons. The van der Waals surface area contributed by atoms with Crippen LogP contribution in [0.2, 0.25) is 5.02 Å². The molecule has 3 N–H and O–H groups in total. The summed E-state index contributed by atoms with van der Waals surface area (Å²) in [6.07, 6.45) is 1.50. The second-order valence-electron chi connectivity index (χ2n) is 3.49. The zero-order chi connectivity index (χ0) is 12.4. The van der Waals surface area contributed by atoms with Crippen molar-refractivity contribution < 1.29 is 4.79 Å². The van der Waals surface area contributed by atoms with E-state index < -0.39 is 0 Å². The van der Waals surface area contributed by atoms with E-state index in [9.17, 15) is 4.79 Å². The van der Waals surface area contributed by atoms with Gasteiger partial charge in [0.05, 0.1) is 16.9 Å². The number of carbonyl (C=O) groups excluding carboxylic acids is 1. The van der Waals surface area contributed by atoms with Gasteiger partial charge in [-0.1, -0.05) is 11.6 Å². The molecule has 4 nitrogen and oxygen atoms in total. The van der Waals surface area contributed by atoms with E-state index >= 15 is 0 Å². The number of anilines is 2. The molecule has 2 heterocycles. The van der Waals surface area contributed by atoms with Crippen molar-refractivity contribution in [2.24, 2.45) is 0 Å². The third kappa shape index (κ3) is 2.57. The first kappa shape index (κ1) is 11.9. The van der Waals surface area contributed by atoms with Crippen molar-refractivity contribution in [2.45, 2.75) is 6.92 Å². The smallest absolute Gasteiger partial charge is 0.267 e. The third-order valence-electron chi connectivity index (χ3n) is 2.15. The first-order valence-electron chi connectivity index (χ1n) is 4.84. The van der Waals surface area contributed by atoms with Gasteiger partial charge in [0, 0.05) is 0 Å². The van der Waals surface area contributed by atoms with Gasteiger partial charge < -0.3 is 11.1 Å². The summed E-state index contributed by atoms with van der Waals surface area (Å²) in [5, 5.41) is 5.05. The molecule has 0 unspecified atom stereocenters. The fourth-order valence-electron chi connectivity index (χ4n) is 1.25. The molecule has 0 aliphatic heterocycles. The number of amides is 1. The van der Waals surface area contributed by atoms with E-state index in [2.05, 4.69) is 10.3 Å². The summed E-state index contributed by atoms with van der Waals surface area (Å²) in [4.78, 5) is 16.3. The van der Waals surface area contributed by atoms with Gasteiger partial charge in [0.2, 0.25) is 0 Å². The van der Waals surface area contributed by atoms with Gasteiger partial charge in [-0.25, -0.2) is 4.98 Å². The van der Waals surface area contributed by atoms with Crippen molar-refractivity contribution in [2.75, 3.05) is 11.1 Å². The van der Waals surface area contributed by atoms with Crippen LogP contribution in [-0.4, -0.2) is 10.9 Å². The van der Waals surface area contributed by atoms with E-state index in [1.165, 1.54) is 17.5 Å². The second-order valence-corrected chi connectivity index (χ2v) is 4.75. The molecule has 0 bridgehead atoms. The normalized spacial score (nSPS) is 10.2. The van der Waals surface area contributed by atoms with Crippen molar-refractivity contribution >= 4 is 40.4 Å². The highest BCUT2D eigenvalue weighted by molar-refractivity contribution is 7.13. The topological polar surface area (TPSA) is 68.0 Å². The number of nitrogens with zero attached hydrogens (tertiary/aromatic N) is 1. The van der Waals surface area contributed by atoms with Gasteiger partial charge in [-0.05, 0) is 30.0 Å². The van der Waals surface area contributed by atoms with Gasteiger partial charge in [-0.15, -0.1) is 11.3 Å². The molecule has 17 heavy (non-hydrogen) atoms. The Morgan fingerprint density at radius 3 is 2.82 bits per heavy atom. The molecule has 0 aliphatic carbocycles. The van der Waals surface area contributed by atoms with E-state index in [4.69, 9.17) is 17.3 Å². The highest BCUT2D eigenvalue weighted by Gasteiger charge is 2.14. The Kier molecular flexibility index (Phi) is 3.31. The Bertz CT molecular complexity index is 550. The number of nitrogen functional groups attached to an aromatic ring is 1. The number of aromatic nitrogens is 1. The maximum Gasteiger partial charge on any atom is 0.267 e. The number of halogens is 1. The first-order valence-corrected chi connectivity index (χ1v) is 6.10. The third-order valence-corrected chi connectivity index (χ3v) is 3.85. The van der Waals surface area contributed by atoms with Crippen LogP contribution in [-0.2, 0) is 0 Å². The molecule has 0 fully saturated rings. The van der Waals surface area contributed by atoms with Crippen LogP contribution >= 0.6 is 22.9 Å². The van der Waals surface area contributed by atoms with E-state index in [1.54, 1.807) is 12.1 Å². The molecule has 0 aliphatic rings. The van der Waals surface area contributed by atoms with Crippen LogP contribution in [0.5, 0.6) is 0 Å². The summed E-state index contributed by atoms with van der Waals surface area (Å²) in [5.41, 5.74) is 6.94. The minimum Gasteiger partial charge on any atom is -0.384 e. The Hall–Kier alpha value is -1.59. The maximum absolute atomic E-state index is 11.9. The number of hydrogen-bond donors (Lipinski definition) is 2. The largest absolute Gasteiger partial charge is 0.384 e. The van der Waals surface area contributed by atoms with Crippen molar-refractivity contribution in [1.82, 2.24) is 4.98 Å². The van der Waals surface area contributed by atoms with E-state index in [0.717, 1.165) is 5.56 Å². The molecule has 2 rings (SSSR count). The van der Waals surface area contributed by atoms with Gasteiger partial charge in [-0.3, -0.25) is 4.79 Å². The maximum atomic E-state index is 11.9. The van der Waals surface area contributed by atoms with Crippen LogP contribution in [0.3, 0.4) is 0 Å². The average molecular weight is 268 g/mol. The summed E-state index contributed by atoms with van der Waals surface area (Å²) in [5.74, 6) is 0.174. The average Bonchev–Trinajstić information content (AvgIpc) is 2.63. The van der Waals surface area contributed by atoms with Crippen LogP contribution in [0.15, 0.2) is 23.7 Å². The number of pyridine rings is 1. The van der Waals surface area contributed by atoms with E-state index in [1.807, 2.05) is 12.3 Å². The van der Waals surface area contributed by atoms with Crippen LogP contribution in [0.25, 0.3) is 0 Å². The standard InChI is InChI=1S/C11H10ClN3OS/c1-6-5-17-10(9(6)12)11(16)15-7-2-3-8(13)14-4-7/h2-5H,1H3,(H2,13,14)(H,15,16). The highest BCUT2D eigenvalue weighted by Crippen LogP contribution is 2.27.